The molecule has 1 aromatic carbocycles. The molecule has 2 aliphatic rings. The third-order valence-corrected chi connectivity index (χ3v) is 12.3. The Morgan fingerprint density at radius 1 is 1.05 bits per heavy atom. The molecule has 206 valence electrons. The number of thiazole rings is 1. The van der Waals surface area contributed by atoms with Gasteiger partial charge in [-0.2, -0.15) is 4.31 Å². The van der Waals surface area contributed by atoms with Gasteiger partial charge in [-0.3, -0.25) is 4.90 Å². The van der Waals surface area contributed by atoms with Gasteiger partial charge in [0.15, 0.2) is 19.2 Å². The Kier molecular flexibility index (Phi) is 7.61. The molecule has 0 bridgehead atoms. The molecule has 0 radical (unpaired) electrons. The van der Waals surface area contributed by atoms with Gasteiger partial charge in [-0.1, -0.05) is 23.5 Å². The van der Waals surface area contributed by atoms with Gasteiger partial charge in [-0.15, -0.1) is 0 Å². The molecule has 3 aromatic rings. The van der Waals surface area contributed by atoms with E-state index in [2.05, 4.69) is 19.4 Å². The first kappa shape index (κ1) is 27.2. The van der Waals surface area contributed by atoms with Crippen LogP contribution in [0.5, 0.6) is 0 Å². The number of imidazole rings is 1. The molecular formula is C24H31FN6O4S3. The van der Waals surface area contributed by atoms with E-state index in [1.165, 1.54) is 28.9 Å². The van der Waals surface area contributed by atoms with Crippen LogP contribution in [0.15, 0.2) is 47.2 Å². The van der Waals surface area contributed by atoms with E-state index in [0.29, 0.717) is 57.4 Å². The second kappa shape index (κ2) is 10.6. The number of piperazine rings is 1. The van der Waals surface area contributed by atoms with Crippen molar-refractivity contribution in [1.29, 1.82) is 0 Å². The van der Waals surface area contributed by atoms with Crippen molar-refractivity contribution >= 4 is 36.3 Å². The SMILES string of the molecule is C[C@H](c1ccc(F)cc1)n1cncc1CN1CCN(S(=O)(=O)c2cnc(N3CCC(S(C)(=O)=O)C3)s2)CC1. The highest BCUT2D eigenvalue weighted by Crippen LogP contribution is 2.32. The van der Waals surface area contributed by atoms with E-state index in [9.17, 15) is 21.2 Å². The van der Waals surface area contributed by atoms with Gasteiger partial charge in [0.25, 0.3) is 10.0 Å². The van der Waals surface area contributed by atoms with E-state index in [4.69, 9.17) is 0 Å². The Morgan fingerprint density at radius 2 is 1.76 bits per heavy atom. The van der Waals surface area contributed by atoms with E-state index >= 15 is 0 Å². The van der Waals surface area contributed by atoms with Gasteiger partial charge in [-0.05, 0) is 31.0 Å². The van der Waals surface area contributed by atoms with Gasteiger partial charge in [0.2, 0.25) is 0 Å². The number of aromatic nitrogens is 3. The lowest BCUT2D eigenvalue weighted by atomic mass is 10.1. The average molecular weight is 583 g/mol. The monoisotopic (exact) mass is 582 g/mol. The third kappa shape index (κ3) is 5.64. The summed E-state index contributed by atoms with van der Waals surface area (Å²) in [5.41, 5.74) is 1.98. The van der Waals surface area contributed by atoms with Crippen LogP contribution >= 0.6 is 11.3 Å². The number of hydrogen-bond donors (Lipinski definition) is 0. The lowest BCUT2D eigenvalue weighted by Crippen LogP contribution is -2.48. The predicted molar refractivity (Wildman–Crippen MR) is 144 cm³/mol. The second-order valence-electron chi connectivity index (χ2n) is 9.85. The Hall–Kier alpha value is -2.39. The molecule has 14 heteroatoms. The maximum Gasteiger partial charge on any atom is 0.254 e. The summed E-state index contributed by atoms with van der Waals surface area (Å²) >= 11 is 1.09. The van der Waals surface area contributed by atoms with E-state index in [1.807, 2.05) is 18.0 Å². The van der Waals surface area contributed by atoms with Crippen molar-refractivity contribution in [2.45, 2.75) is 35.4 Å². The Bertz CT molecular complexity index is 1480. The van der Waals surface area contributed by atoms with Crippen LogP contribution in [0.25, 0.3) is 0 Å². The molecule has 0 saturated carbocycles. The smallest absolute Gasteiger partial charge is 0.254 e. The molecule has 2 atom stereocenters. The van der Waals surface area contributed by atoms with E-state index in [-0.39, 0.29) is 16.1 Å². The fourth-order valence-electron chi connectivity index (χ4n) is 4.96. The van der Waals surface area contributed by atoms with Crippen molar-refractivity contribution in [2.75, 3.05) is 50.4 Å². The molecule has 0 N–H and O–H groups in total. The topological polar surface area (TPSA) is 109 Å². The summed E-state index contributed by atoms with van der Waals surface area (Å²) in [5, 5.41) is 0.0893. The zero-order valence-corrected chi connectivity index (χ0v) is 23.7. The number of rotatable bonds is 8. The van der Waals surface area contributed by atoms with Crippen molar-refractivity contribution in [3.63, 3.8) is 0 Å². The normalized spacial score (nSPS) is 20.7. The Labute approximate surface area is 226 Å². The lowest BCUT2D eigenvalue weighted by molar-refractivity contribution is 0.178. The number of sulfone groups is 1. The minimum Gasteiger partial charge on any atom is -0.347 e. The minimum absolute atomic E-state index is 0.0152. The zero-order valence-electron chi connectivity index (χ0n) is 21.3. The summed E-state index contributed by atoms with van der Waals surface area (Å²) in [6.45, 7) is 5.40. The van der Waals surface area contributed by atoms with Crippen LogP contribution in [0, 0.1) is 5.82 Å². The quantitative estimate of drug-likeness (QED) is 0.398. The molecule has 2 saturated heterocycles. The van der Waals surface area contributed by atoms with Crippen LogP contribution in [0.4, 0.5) is 9.52 Å². The molecule has 1 unspecified atom stereocenters. The van der Waals surface area contributed by atoms with Crippen molar-refractivity contribution < 1.29 is 21.2 Å². The number of hydrogen-bond acceptors (Lipinski definition) is 9. The van der Waals surface area contributed by atoms with E-state index in [1.54, 1.807) is 18.5 Å². The summed E-state index contributed by atoms with van der Waals surface area (Å²) in [5.74, 6) is -0.272. The summed E-state index contributed by atoms with van der Waals surface area (Å²) in [6.07, 6.45) is 6.71. The fourth-order valence-corrected chi connectivity index (χ4v) is 8.67. The second-order valence-corrected chi connectivity index (χ2v) is 15.3. The van der Waals surface area contributed by atoms with Gasteiger partial charge in [0.05, 0.1) is 29.5 Å². The first-order valence-electron chi connectivity index (χ1n) is 12.4. The molecule has 0 amide bonds. The summed E-state index contributed by atoms with van der Waals surface area (Å²) in [6, 6.07) is 6.42. The number of anilines is 1. The number of benzene rings is 1. The van der Waals surface area contributed by atoms with Crippen LogP contribution in [0.3, 0.4) is 0 Å². The summed E-state index contributed by atoms with van der Waals surface area (Å²) < 4.78 is 67.4. The Balaban J connectivity index is 1.19. The van der Waals surface area contributed by atoms with Gasteiger partial charge < -0.3 is 9.47 Å². The van der Waals surface area contributed by atoms with Crippen LogP contribution in [-0.4, -0.2) is 91.4 Å². The van der Waals surface area contributed by atoms with Gasteiger partial charge >= 0.3 is 0 Å². The van der Waals surface area contributed by atoms with Crippen LogP contribution < -0.4 is 4.90 Å². The fraction of sp³-hybridized carbons (Fsp3) is 0.500. The summed E-state index contributed by atoms with van der Waals surface area (Å²) in [4.78, 5) is 12.7. The molecule has 2 aromatic heterocycles. The minimum atomic E-state index is -3.69. The molecule has 4 heterocycles. The standard InChI is InChI=1S/C24H31FN6O4S3/c1-18(19-3-5-20(25)6-4-19)31-17-26-13-21(31)15-28-9-11-30(12-10-28)38(34,35)23-14-27-24(36-23)29-8-7-22(16-29)37(2,32)33/h3-6,13-14,17-18,22H,7-12,15-16H2,1-2H3/t18-,22?/m1/s1. The molecule has 0 spiro atoms. The van der Waals surface area contributed by atoms with Gasteiger partial charge in [0, 0.05) is 58.3 Å². The highest BCUT2D eigenvalue weighted by molar-refractivity contribution is 7.91. The zero-order chi connectivity index (χ0) is 27.1. The number of nitrogens with zero attached hydrogens (tertiary/aromatic N) is 6. The summed E-state index contributed by atoms with van der Waals surface area (Å²) in [7, 11) is -6.83. The highest BCUT2D eigenvalue weighted by atomic mass is 32.2. The number of halogens is 1. The van der Waals surface area contributed by atoms with Gasteiger partial charge in [0.1, 0.15) is 5.82 Å². The van der Waals surface area contributed by atoms with Crippen molar-refractivity contribution in [3.8, 4) is 0 Å². The van der Waals surface area contributed by atoms with Crippen molar-refractivity contribution in [2.24, 2.45) is 0 Å². The van der Waals surface area contributed by atoms with E-state index in [0.717, 1.165) is 22.6 Å². The highest BCUT2D eigenvalue weighted by Gasteiger charge is 2.34. The first-order chi connectivity index (χ1) is 18.0. The third-order valence-electron chi connectivity index (χ3n) is 7.32. The van der Waals surface area contributed by atoms with Crippen LogP contribution in [0.1, 0.15) is 30.6 Å². The van der Waals surface area contributed by atoms with E-state index < -0.39 is 25.1 Å². The largest absolute Gasteiger partial charge is 0.347 e. The molecule has 10 nitrogen and oxygen atoms in total. The van der Waals surface area contributed by atoms with Gasteiger partial charge in [-0.25, -0.2) is 31.2 Å². The predicted octanol–water partition coefficient (Wildman–Crippen LogP) is 2.22. The molecule has 0 aliphatic carbocycles. The van der Waals surface area contributed by atoms with Crippen molar-refractivity contribution in [1.82, 2.24) is 23.7 Å². The molecule has 38 heavy (non-hydrogen) atoms. The first-order valence-corrected chi connectivity index (χ1v) is 16.6. The van der Waals surface area contributed by atoms with Crippen molar-refractivity contribution in [3.05, 3.63) is 60.1 Å². The lowest BCUT2D eigenvalue weighted by Gasteiger charge is -2.33. The van der Waals surface area contributed by atoms with Crippen LogP contribution in [0.2, 0.25) is 0 Å². The molecule has 2 fully saturated rings. The maximum atomic E-state index is 13.3. The molecule has 5 rings (SSSR count). The maximum absolute atomic E-state index is 13.3. The molecular weight excluding hydrogens is 552 g/mol. The number of sulfonamides is 1. The average Bonchev–Trinajstić information content (AvgIpc) is 3.65. The van der Waals surface area contributed by atoms with Crippen LogP contribution in [-0.2, 0) is 26.4 Å². The Morgan fingerprint density at radius 3 is 2.42 bits per heavy atom. The molecule has 2 aliphatic heterocycles.